The molecule has 1 amide bonds. The second-order valence-corrected chi connectivity index (χ2v) is 4.08. The number of carboxylic acid groups (broad SMARTS) is 1. The molecule has 0 atom stereocenters. The number of carbonyl (C=O) groups excluding carboxylic acids is 1. The molecular formula is C13H13N3O3. The van der Waals surface area contributed by atoms with Gasteiger partial charge in [-0.05, 0) is 25.1 Å². The zero-order valence-electron chi connectivity index (χ0n) is 10.5. The first-order valence-corrected chi connectivity index (χ1v) is 5.64. The molecule has 6 heteroatoms. The van der Waals surface area contributed by atoms with Gasteiger partial charge in [0.2, 0.25) is 5.91 Å². The number of aryl methyl sites for hydroxylation is 1. The fourth-order valence-electron chi connectivity index (χ4n) is 1.77. The molecule has 0 radical (unpaired) electrons. The Morgan fingerprint density at radius 1 is 1.42 bits per heavy atom. The minimum atomic E-state index is -1.02. The maximum atomic E-state index is 11.0. The van der Waals surface area contributed by atoms with E-state index in [1.807, 2.05) is 6.92 Å². The lowest BCUT2D eigenvalue weighted by atomic mass is 10.3. The van der Waals surface area contributed by atoms with E-state index in [0.29, 0.717) is 17.0 Å². The molecule has 98 valence electrons. The number of nitrogens with zero attached hydrogens (tertiary/aromatic N) is 2. The van der Waals surface area contributed by atoms with E-state index >= 15 is 0 Å². The van der Waals surface area contributed by atoms with E-state index in [1.165, 1.54) is 13.0 Å². The number of hydrogen-bond acceptors (Lipinski definition) is 3. The number of carboxylic acids is 1. The van der Waals surface area contributed by atoms with Gasteiger partial charge in [-0.25, -0.2) is 9.78 Å². The van der Waals surface area contributed by atoms with Crippen LogP contribution in [0, 0.1) is 6.92 Å². The molecule has 0 saturated carbocycles. The molecule has 2 heterocycles. The molecule has 2 aromatic rings. The maximum absolute atomic E-state index is 11.0. The number of pyridine rings is 1. The fourth-order valence-corrected chi connectivity index (χ4v) is 1.77. The van der Waals surface area contributed by atoms with Crippen molar-refractivity contribution in [3.8, 4) is 0 Å². The summed E-state index contributed by atoms with van der Waals surface area (Å²) >= 11 is 0. The summed E-state index contributed by atoms with van der Waals surface area (Å²) < 4.78 is 1.80. The van der Waals surface area contributed by atoms with Gasteiger partial charge in [-0.3, -0.25) is 4.79 Å². The minimum Gasteiger partial charge on any atom is -0.478 e. The van der Waals surface area contributed by atoms with Crippen molar-refractivity contribution >= 4 is 29.3 Å². The number of imidazole rings is 1. The molecule has 2 N–H and O–H groups in total. The third-order valence-electron chi connectivity index (χ3n) is 2.60. The topological polar surface area (TPSA) is 83.7 Å². The summed E-state index contributed by atoms with van der Waals surface area (Å²) in [6.45, 7) is 3.27. The van der Waals surface area contributed by atoms with Gasteiger partial charge in [-0.15, -0.1) is 0 Å². The van der Waals surface area contributed by atoms with Crippen LogP contribution in [-0.2, 0) is 9.59 Å². The van der Waals surface area contributed by atoms with Gasteiger partial charge in [0.25, 0.3) is 0 Å². The van der Waals surface area contributed by atoms with Gasteiger partial charge in [0, 0.05) is 24.9 Å². The maximum Gasteiger partial charge on any atom is 0.328 e. The summed E-state index contributed by atoms with van der Waals surface area (Å²) in [5.74, 6) is -1.17. The van der Waals surface area contributed by atoms with Gasteiger partial charge in [-0.2, -0.15) is 0 Å². The Labute approximate surface area is 109 Å². The van der Waals surface area contributed by atoms with Crippen molar-refractivity contribution in [1.29, 1.82) is 0 Å². The first kappa shape index (κ1) is 12.8. The van der Waals surface area contributed by atoms with E-state index < -0.39 is 5.97 Å². The minimum absolute atomic E-state index is 0.150. The quantitative estimate of drug-likeness (QED) is 0.822. The number of fused-ring (bicyclic) bond motifs is 1. The molecule has 0 fully saturated rings. The predicted molar refractivity (Wildman–Crippen MR) is 70.9 cm³/mol. The van der Waals surface area contributed by atoms with Crippen molar-refractivity contribution in [3.05, 3.63) is 35.8 Å². The second-order valence-electron chi connectivity index (χ2n) is 4.08. The average Bonchev–Trinajstić information content (AvgIpc) is 2.63. The number of nitrogens with one attached hydrogen (secondary N) is 1. The van der Waals surface area contributed by atoms with E-state index in [2.05, 4.69) is 10.3 Å². The number of aliphatic carboxylic acids is 1. The van der Waals surface area contributed by atoms with Gasteiger partial charge < -0.3 is 14.8 Å². The fraction of sp³-hybridized carbons (Fsp3) is 0.154. The molecule has 0 aliphatic carbocycles. The Kier molecular flexibility index (Phi) is 3.33. The third kappa shape index (κ3) is 2.79. The molecular weight excluding hydrogens is 246 g/mol. The zero-order valence-corrected chi connectivity index (χ0v) is 10.5. The van der Waals surface area contributed by atoms with Gasteiger partial charge in [-0.1, -0.05) is 0 Å². The Hall–Kier alpha value is -2.63. The molecule has 0 aliphatic heterocycles. The van der Waals surface area contributed by atoms with Crippen LogP contribution in [0.15, 0.2) is 24.4 Å². The summed E-state index contributed by atoms with van der Waals surface area (Å²) in [5.41, 5.74) is 2.74. The van der Waals surface area contributed by atoms with Crippen molar-refractivity contribution < 1.29 is 14.7 Å². The molecule has 2 aromatic heterocycles. The lowest BCUT2D eigenvalue weighted by Gasteiger charge is -2.03. The average molecular weight is 259 g/mol. The molecule has 2 rings (SSSR count). The molecule has 0 bridgehead atoms. The van der Waals surface area contributed by atoms with Gasteiger partial charge in [0.05, 0.1) is 11.4 Å². The molecule has 0 saturated heterocycles. The Morgan fingerprint density at radius 3 is 2.79 bits per heavy atom. The van der Waals surface area contributed by atoms with Crippen LogP contribution in [0.1, 0.15) is 18.3 Å². The highest BCUT2D eigenvalue weighted by molar-refractivity contribution is 5.88. The molecule has 19 heavy (non-hydrogen) atoms. The van der Waals surface area contributed by atoms with Crippen molar-refractivity contribution in [3.63, 3.8) is 0 Å². The number of anilines is 1. The number of aromatic nitrogens is 2. The largest absolute Gasteiger partial charge is 0.478 e. The first-order chi connectivity index (χ1) is 8.97. The monoisotopic (exact) mass is 259 g/mol. The number of amides is 1. The van der Waals surface area contributed by atoms with Gasteiger partial charge in [0.15, 0.2) is 0 Å². The summed E-state index contributed by atoms with van der Waals surface area (Å²) in [4.78, 5) is 25.8. The van der Waals surface area contributed by atoms with Crippen LogP contribution in [0.25, 0.3) is 11.7 Å². The van der Waals surface area contributed by atoms with Crippen LogP contribution in [0.4, 0.5) is 5.69 Å². The molecule has 0 unspecified atom stereocenters. The smallest absolute Gasteiger partial charge is 0.328 e. The summed E-state index contributed by atoms with van der Waals surface area (Å²) in [6, 6.07) is 3.50. The van der Waals surface area contributed by atoms with Crippen molar-refractivity contribution in [1.82, 2.24) is 9.38 Å². The second kappa shape index (κ2) is 4.93. The van der Waals surface area contributed by atoms with Crippen LogP contribution in [-0.4, -0.2) is 26.4 Å². The van der Waals surface area contributed by atoms with Crippen LogP contribution in [0.5, 0.6) is 0 Å². The summed E-state index contributed by atoms with van der Waals surface area (Å²) in [5, 5.41) is 11.3. The predicted octanol–water partition coefficient (Wildman–Crippen LogP) is 1.70. The molecule has 0 aliphatic rings. The summed E-state index contributed by atoms with van der Waals surface area (Å²) in [6.07, 6.45) is 4.24. The highest BCUT2D eigenvalue weighted by atomic mass is 16.4. The van der Waals surface area contributed by atoms with Crippen LogP contribution in [0.3, 0.4) is 0 Å². The van der Waals surface area contributed by atoms with Crippen LogP contribution >= 0.6 is 0 Å². The van der Waals surface area contributed by atoms with Crippen molar-refractivity contribution in [2.75, 3.05) is 5.32 Å². The highest BCUT2D eigenvalue weighted by Gasteiger charge is 2.07. The normalized spacial score (nSPS) is 11.1. The zero-order chi connectivity index (χ0) is 14.0. The Bertz CT molecular complexity index is 686. The van der Waals surface area contributed by atoms with Crippen LogP contribution in [0.2, 0.25) is 0 Å². The van der Waals surface area contributed by atoms with Crippen molar-refractivity contribution in [2.24, 2.45) is 0 Å². The van der Waals surface area contributed by atoms with Gasteiger partial charge in [0.1, 0.15) is 5.65 Å². The van der Waals surface area contributed by atoms with Crippen LogP contribution < -0.4 is 5.32 Å². The van der Waals surface area contributed by atoms with Gasteiger partial charge >= 0.3 is 5.97 Å². The lowest BCUT2D eigenvalue weighted by Crippen LogP contribution is -2.06. The first-order valence-electron chi connectivity index (χ1n) is 5.64. The Morgan fingerprint density at radius 2 is 2.16 bits per heavy atom. The molecule has 0 spiro atoms. The van der Waals surface area contributed by atoms with E-state index in [4.69, 9.17) is 5.11 Å². The van der Waals surface area contributed by atoms with E-state index in [9.17, 15) is 9.59 Å². The lowest BCUT2D eigenvalue weighted by molar-refractivity contribution is -0.131. The standard InChI is InChI=1S/C13H13N3O3/c1-8-11(4-6-13(18)19)15-12-5-3-10(7-16(8)12)14-9(2)17/h3-7H,1-2H3,(H,14,17)(H,18,19)/b6-4+. The SMILES string of the molecule is CC(=O)Nc1ccc2nc(/C=C/C(=O)O)c(C)n2c1. The van der Waals surface area contributed by atoms with E-state index in [0.717, 1.165) is 11.8 Å². The third-order valence-corrected chi connectivity index (χ3v) is 2.60. The summed E-state index contributed by atoms with van der Waals surface area (Å²) in [7, 11) is 0. The Balaban J connectivity index is 2.45. The number of rotatable bonds is 3. The van der Waals surface area contributed by atoms with Crippen molar-refractivity contribution in [2.45, 2.75) is 13.8 Å². The van der Waals surface area contributed by atoms with E-state index in [1.54, 1.807) is 22.7 Å². The number of hydrogen-bond donors (Lipinski definition) is 2. The molecule has 6 nitrogen and oxygen atoms in total. The molecule has 0 aromatic carbocycles. The number of carbonyl (C=O) groups is 2. The highest BCUT2D eigenvalue weighted by Crippen LogP contribution is 2.16. The van der Waals surface area contributed by atoms with E-state index in [-0.39, 0.29) is 5.91 Å².